The first kappa shape index (κ1) is 13.8. The molecule has 21 heavy (non-hydrogen) atoms. The van der Waals surface area contributed by atoms with Gasteiger partial charge in [-0.15, -0.1) is 0 Å². The van der Waals surface area contributed by atoms with Crippen molar-refractivity contribution >= 4 is 0 Å². The van der Waals surface area contributed by atoms with Crippen LogP contribution in [0.2, 0.25) is 0 Å². The van der Waals surface area contributed by atoms with E-state index in [1.165, 1.54) is 36.8 Å². The highest BCUT2D eigenvalue weighted by Gasteiger charge is 2.61. The van der Waals surface area contributed by atoms with Gasteiger partial charge >= 0.3 is 0 Å². The number of aryl methyl sites for hydroxylation is 1. The Hall–Kier alpha value is -0.860. The lowest BCUT2D eigenvalue weighted by atomic mass is 9.77. The highest BCUT2D eigenvalue weighted by atomic mass is 16.6. The topological polar surface area (TPSA) is 18.5 Å². The molecule has 1 aromatic carbocycles. The molecule has 0 radical (unpaired) electrons. The predicted octanol–water partition coefficient (Wildman–Crippen LogP) is 4.71. The van der Waals surface area contributed by atoms with E-state index in [4.69, 9.17) is 9.47 Å². The van der Waals surface area contributed by atoms with Crippen LogP contribution in [0.5, 0.6) is 0 Å². The van der Waals surface area contributed by atoms with Gasteiger partial charge in [-0.05, 0) is 56.6 Å². The predicted molar refractivity (Wildman–Crippen MR) is 83.3 cm³/mol. The maximum absolute atomic E-state index is 6.63. The van der Waals surface area contributed by atoms with Gasteiger partial charge in [0.25, 0.3) is 0 Å². The maximum Gasteiger partial charge on any atom is 0.0952 e. The summed E-state index contributed by atoms with van der Waals surface area (Å²) in [6, 6.07) is 8.69. The minimum atomic E-state index is 0.0352. The Morgan fingerprint density at radius 2 is 2.05 bits per heavy atom. The molecule has 3 heterocycles. The molecule has 0 saturated carbocycles. The molecule has 4 atom stereocenters. The number of hydrogen-bond acceptors (Lipinski definition) is 2. The van der Waals surface area contributed by atoms with Crippen LogP contribution in [0.1, 0.15) is 69.1 Å². The standard InChI is InChI=1S/C19H26O2/c1-3-18-11-12-19(21-18)10-6-9-16(20-17(19)13-18)15-8-5-4-7-14(15)2/h4-5,7-8,16-17H,3,6,9-13H2,1-2H3/t16?,17-,18-,19-/m0/s1. The summed E-state index contributed by atoms with van der Waals surface area (Å²) >= 11 is 0. The lowest BCUT2D eigenvalue weighted by molar-refractivity contribution is -0.103. The minimum absolute atomic E-state index is 0.0352. The quantitative estimate of drug-likeness (QED) is 0.784. The highest BCUT2D eigenvalue weighted by Crippen LogP contribution is 2.57. The van der Waals surface area contributed by atoms with Gasteiger partial charge in [-0.1, -0.05) is 31.2 Å². The number of fused-ring (bicyclic) bond motifs is 1. The minimum Gasteiger partial charge on any atom is -0.367 e. The van der Waals surface area contributed by atoms with Crippen molar-refractivity contribution in [3.63, 3.8) is 0 Å². The fourth-order valence-corrected chi connectivity index (χ4v) is 4.80. The Kier molecular flexibility index (Phi) is 3.16. The molecule has 114 valence electrons. The largest absolute Gasteiger partial charge is 0.367 e. The zero-order valence-corrected chi connectivity index (χ0v) is 13.2. The molecule has 0 aromatic heterocycles. The first-order chi connectivity index (χ1) is 10.2. The van der Waals surface area contributed by atoms with Crippen LogP contribution >= 0.6 is 0 Å². The van der Waals surface area contributed by atoms with Crippen LogP contribution < -0.4 is 0 Å². The van der Waals surface area contributed by atoms with E-state index in [0.29, 0.717) is 6.10 Å². The average molecular weight is 286 g/mol. The number of ether oxygens (including phenoxy) is 2. The Morgan fingerprint density at radius 1 is 1.19 bits per heavy atom. The van der Waals surface area contributed by atoms with Gasteiger partial charge in [-0.3, -0.25) is 0 Å². The van der Waals surface area contributed by atoms with Crippen molar-refractivity contribution in [2.45, 2.75) is 82.2 Å². The fraction of sp³-hybridized carbons (Fsp3) is 0.684. The van der Waals surface area contributed by atoms with Gasteiger partial charge in [0.15, 0.2) is 0 Å². The van der Waals surface area contributed by atoms with Crippen molar-refractivity contribution in [2.24, 2.45) is 0 Å². The van der Waals surface area contributed by atoms with E-state index < -0.39 is 0 Å². The number of hydrogen-bond donors (Lipinski definition) is 0. The Morgan fingerprint density at radius 3 is 2.86 bits per heavy atom. The molecule has 1 unspecified atom stereocenters. The molecule has 3 aliphatic rings. The summed E-state index contributed by atoms with van der Waals surface area (Å²) in [6.07, 6.45) is 8.76. The molecule has 0 amide bonds. The van der Waals surface area contributed by atoms with E-state index >= 15 is 0 Å². The summed E-state index contributed by atoms with van der Waals surface area (Å²) < 4.78 is 13.2. The molecule has 1 spiro atoms. The SMILES string of the molecule is CC[C@]12CC[C@]3(CCCC(c4ccccc4C)O[C@H]3C1)O2. The van der Waals surface area contributed by atoms with Crippen LogP contribution in [0, 0.1) is 6.92 Å². The van der Waals surface area contributed by atoms with Crippen LogP contribution in [-0.4, -0.2) is 17.3 Å². The van der Waals surface area contributed by atoms with E-state index in [1.54, 1.807) is 0 Å². The highest BCUT2D eigenvalue weighted by molar-refractivity contribution is 5.28. The van der Waals surface area contributed by atoms with Gasteiger partial charge < -0.3 is 9.47 Å². The smallest absolute Gasteiger partial charge is 0.0952 e. The molecular weight excluding hydrogens is 260 g/mol. The fourth-order valence-electron chi connectivity index (χ4n) is 4.80. The van der Waals surface area contributed by atoms with Crippen LogP contribution in [0.15, 0.2) is 24.3 Å². The van der Waals surface area contributed by atoms with Gasteiger partial charge in [-0.25, -0.2) is 0 Å². The lowest BCUT2D eigenvalue weighted by Gasteiger charge is -2.32. The molecule has 1 aromatic rings. The summed E-state index contributed by atoms with van der Waals surface area (Å²) in [6.45, 7) is 4.47. The van der Waals surface area contributed by atoms with E-state index in [-0.39, 0.29) is 17.3 Å². The molecule has 2 bridgehead atoms. The average Bonchev–Trinajstić information content (AvgIpc) is 2.94. The van der Waals surface area contributed by atoms with Crippen LogP contribution in [-0.2, 0) is 9.47 Å². The molecule has 3 aliphatic heterocycles. The Balaban J connectivity index is 1.62. The summed E-state index contributed by atoms with van der Waals surface area (Å²) in [5.41, 5.74) is 2.89. The van der Waals surface area contributed by atoms with Crippen LogP contribution in [0.25, 0.3) is 0 Å². The van der Waals surface area contributed by atoms with Crippen molar-refractivity contribution in [1.29, 1.82) is 0 Å². The summed E-state index contributed by atoms with van der Waals surface area (Å²) in [5.74, 6) is 0. The maximum atomic E-state index is 6.63. The van der Waals surface area contributed by atoms with Crippen molar-refractivity contribution in [1.82, 2.24) is 0 Å². The van der Waals surface area contributed by atoms with Crippen molar-refractivity contribution in [3.8, 4) is 0 Å². The molecule has 2 nitrogen and oxygen atoms in total. The van der Waals surface area contributed by atoms with Crippen molar-refractivity contribution in [3.05, 3.63) is 35.4 Å². The van der Waals surface area contributed by atoms with Gasteiger partial charge in [0.2, 0.25) is 0 Å². The van der Waals surface area contributed by atoms with Gasteiger partial charge in [0.05, 0.1) is 23.4 Å². The third-order valence-corrected chi connectivity index (χ3v) is 6.14. The van der Waals surface area contributed by atoms with Gasteiger partial charge in [0, 0.05) is 6.42 Å². The van der Waals surface area contributed by atoms with Crippen LogP contribution in [0.3, 0.4) is 0 Å². The van der Waals surface area contributed by atoms with Crippen LogP contribution in [0.4, 0.5) is 0 Å². The molecule has 0 N–H and O–H groups in total. The zero-order valence-electron chi connectivity index (χ0n) is 13.2. The molecule has 2 heteroatoms. The van der Waals surface area contributed by atoms with E-state index in [0.717, 1.165) is 19.3 Å². The first-order valence-electron chi connectivity index (χ1n) is 8.58. The summed E-state index contributed by atoms with van der Waals surface area (Å²) in [7, 11) is 0. The Bertz CT molecular complexity index is 540. The molecule has 3 fully saturated rings. The zero-order chi connectivity index (χ0) is 14.5. The number of benzene rings is 1. The Labute approximate surface area is 127 Å². The van der Waals surface area contributed by atoms with Gasteiger partial charge in [-0.2, -0.15) is 0 Å². The van der Waals surface area contributed by atoms with Crippen molar-refractivity contribution < 1.29 is 9.47 Å². The molecule has 4 rings (SSSR count). The van der Waals surface area contributed by atoms with Crippen molar-refractivity contribution in [2.75, 3.05) is 0 Å². The van der Waals surface area contributed by atoms with E-state index in [1.807, 2.05) is 0 Å². The van der Waals surface area contributed by atoms with Gasteiger partial charge in [0.1, 0.15) is 0 Å². The third kappa shape index (κ3) is 2.07. The molecule has 3 saturated heterocycles. The van der Waals surface area contributed by atoms with E-state index in [2.05, 4.69) is 38.1 Å². The molecule has 0 aliphatic carbocycles. The van der Waals surface area contributed by atoms with E-state index in [9.17, 15) is 0 Å². The number of rotatable bonds is 2. The second kappa shape index (κ2) is 4.82. The molecular formula is C19H26O2. The second-order valence-corrected chi connectivity index (χ2v) is 7.27. The third-order valence-electron chi connectivity index (χ3n) is 6.14. The summed E-state index contributed by atoms with van der Waals surface area (Å²) in [4.78, 5) is 0. The monoisotopic (exact) mass is 286 g/mol. The normalized spacial score (nSPS) is 41.8. The first-order valence-corrected chi connectivity index (χ1v) is 8.58. The second-order valence-electron chi connectivity index (χ2n) is 7.27. The lowest BCUT2D eigenvalue weighted by Crippen LogP contribution is -2.39. The summed E-state index contributed by atoms with van der Waals surface area (Å²) in [5, 5.41) is 0.